The van der Waals surface area contributed by atoms with Crippen LogP contribution in [-0.2, 0) is 0 Å². The molecule has 238 valence electrons. The van der Waals surface area contributed by atoms with E-state index in [4.69, 9.17) is 23.2 Å². The van der Waals surface area contributed by atoms with Crippen molar-refractivity contribution in [2.24, 2.45) is 0 Å². The average molecular weight is 696 g/mol. The summed E-state index contributed by atoms with van der Waals surface area (Å²) in [6, 6.07) is 50.3. The second kappa shape index (κ2) is 14.3. The molecule has 0 aliphatic heterocycles. The standard InChI is InChI=1S/C42H28Cl2N2O2S/c43-33-19-11-31(12-20-33)41(47)45-35-23-15-29(16-24-35)39-37(27-7-3-1-4-8-27)38(28-9-5-2-6-10-28)40(49-39)30-17-25-36(26-18-30)46-42(48)32-13-21-34(44)22-14-32/h1-26H,(H,45,47)(H,46,48). The van der Waals surface area contributed by atoms with E-state index in [-0.39, 0.29) is 11.8 Å². The van der Waals surface area contributed by atoms with Gasteiger partial charge in [0.05, 0.1) is 0 Å². The Hall–Kier alpha value is -5.46. The summed E-state index contributed by atoms with van der Waals surface area (Å²) >= 11 is 13.7. The highest BCUT2D eigenvalue weighted by molar-refractivity contribution is 7.20. The third kappa shape index (κ3) is 7.20. The van der Waals surface area contributed by atoms with Crippen LogP contribution in [0.4, 0.5) is 11.4 Å². The molecule has 7 aromatic rings. The van der Waals surface area contributed by atoms with Gasteiger partial charge >= 0.3 is 0 Å². The molecular weight excluding hydrogens is 667 g/mol. The number of carbonyl (C=O) groups excluding carboxylic acids is 2. The van der Waals surface area contributed by atoms with Crippen LogP contribution in [0.1, 0.15) is 20.7 Å². The summed E-state index contributed by atoms with van der Waals surface area (Å²) in [5, 5.41) is 7.14. The van der Waals surface area contributed by atoms with Crippen LogP contribution in [0.5, 0.6) is 0 Å². The Kier molecular flexibility index (Phi) is 9.40. The minimum atomic E-state index is -0.202. The fraction of sp³-hybridized carbons (Fsp3) is 0. The molecule has 1 heterocycles. The summed E-state index contributed by atoms with van der Waals surface area (Å²) in [6.45, 7) is 0. The van der Waals surface area contributed by atoms with Crippen LogP contribution in [0.3, 0.4) is 0 Å². The van der Waals surface area contributed by atoms with E-state index in [0.717, 1.165) is 43.1 Å². The number of hydrogen-bond donors (Lipinski definition) is 2. The van der Waals surface area contributed by atoms with Crippen molar-refractivity contribution in [3.8, 4) is 43.1 Å². The Morgan fingerprint density at radius 2 is 0.755 bits per heavy atom. The number of carbonyl (C=O) groups is 2. The summed E-state index contributed by atoms with van der Waals surface area (Å²) in [5.74, 6) is -0.404. The molecule has 0 saturated heterocycles. The number of hydrogen-bond acceptors (Lipinski definition) is 3. The molecule has 0 radical (unpaired) electrons. The molecule has 0 atom stereocenters. The van der Waals surface area contributed by atoms with Crippen molar-refractivity contribution in [3.63, 3.8) is 0 Å². The van der Waals surface area contributed by atoms with Crippen molar-refractivity contribution in [2.45, 2.75) is 0 Å². The summed E-state index contributed by atoms with van der Waals surface area (Å²) in [4.78, 5) is 28.0. The van der Waals surface area contributed by atoms with Crippen LogP contribution in [0.25, 0.3) is 43.1 Å². The van der Waals surface area contributed by atoms with Crippen molar-refractivity contribution in [2.75, 3.05) is 10.6 Å². The average Bonchev–Trinajstić information content (AvgIpc) is 3.54. The molecule has 0 unspecified atom stereocenters. The number of amides is 2. The van der Waals surface area contributed by atoms with E-state index in [0.29, 0.717) is 32.5 Å². The number of rotatable bonds is 8. The van der Waals surface area contributed by atoms with Crippen LogP contribution in [0.2, 0.25) is 10.0 Å². The molecule has 0 bridgehead atoms. The van der Waals surface area contributed by atoms with E-state index >= 15 is 0 Å². The molecule has 49 heavy (non-hydrogen) atoms. The van der Waals surface area contributed by atoms with E-state index in [9.17, 15) is 9.59 Å². The Labute approximate surface area is 298 Å². The van der Waals surface area contributed by atoms with Gasteiger partial charge in [-0.2, -0.15) is 0 Å². The van der Waals surface area contributed by atoms with E-state index < -0.39 is 0 Å². The molecule has 2 N–H and O–H groups in total. The van der Waals surface area contributed by atoms with Gasteiger partial charge in [-0.05, 0) is 95.1 Å². The highest BCUT2D eigenvalue weighted by atomic mass is 35.5. The van der Waals surface area contributed by atoms with Crippen LogP contribution >= 0.6 is 34.5 Å². The Balaban J connectivity index is 1.27. The van der Waals surface area contributed by atoms with Gasteiger partial charge in [-0.25, -0.2) is 0 Å². The number of anilines is 2. The highest BCUT2D eigenvalue weighted by Gasteiger charge is 2.23. The van der Waals surface area contributed by atoms with Crippen molar-refractivity contribution in [1.29, 1.82) is 0 Å². The van der Waals surface area contributed by atoms with Crippen LogP contribution in [-0.4, -0.2) is 11.8 Å². The van der Waals surface area contributed by atoms with E-state index in [1.54, 1.807) is 59.9 Å². The summed E-state index contributed by atoms with van der Waals surface area (Å²) in [5.41, 5.74) is 8.98. The zero-order chi connectivity index (χ0) is 33.7. The van der Waals surface area contributed by atoms with Gasteiger partial charge in [0.25, 0.3) is 11.8 Å². The number of benzene rings is 6. The smallest absolute Gasteiger partial charge is 0.255 e. The van der Waals surface area contributed by atoms with Crippen molar-refractivity contribution >= 4 is 57.7 Å². The van der Waals surface area contributed by atoms with Crippen molar-refractivity contribution in [3.05, 3.63) is 179 Å². The Morgan fingerprint density at radius 3 is 1.10 bits per heavy atom. The number of halogens is 2. The largest absolute Gasteiger partial charge is 0.322 e. The summed E-state index contributed by atoms with van der Waals surface area (Å²) in [7, 11) is 0. The first-order valence-electron chi connectivity index (χ1n) is 15.6. The molecule has 2 amide bonds. The monoisotopic (exact) mass is 694 g/mol. The molecular formula is C42H28Cl2N2O2S. The predicted molar refractivity (Wildman–Crippen MR) is 205 cm³/mol. The third-order valence-corrected chi connectivity index (χ3v) is 9.85. The summed E-state index contributed by atoms with van der Waals surface area (Å²) < 4.78 is 0. The second-order valence-corrected chi connectivity index (χ2v) is 13.2. The first-order chi connectivity index (χ1) is 23.9. The maximum Gasteiger partial charge on any atom is 0.255 e. The van der Waals surface area contributed by atoms with E-state index in [2.05, 4.69) is 59.2 Å². The maximum absolute atomic E-state index is 12.9. The minimum Gasteiger partial charge on any atom is -0.322 e. The molecule has 0 aliphatic carbocycles. The molecule has 7 rings (SSSR count). The molecule has 4 nitrogen and oxygen atoms in total. The number of thiophene rings is 1. The molecule has 0 fully saturated rings. The minimum absolute atomic E-state index is 0.202. The first kappa shape index (κ1) is 32.1. The lowest BCUT2D eigenvalue weighted by molar-refractivity contribution is 0.101. The fourth-order valence-corrected chi connectivity index (χ4v) is 7.23. The summed E-state index contributed by atoms with van der Waals surface area (Å²) in [6.07, 6.45) is 0. The molecule has 1 aromatic heterocycles. The molecule has 0 aliphatic rings. The van der Waals surface area contributed by atoms with Crippen LogP contribution < -0.4 is 10.6 Å². The quantitative estimate of drug-likeness (QED) is 0.166. The second-order valence-electron chi connectivity index (χ2n) is 11.3. The van der Waals surface area contributed by atoms with Gasteiger partial charge < -0.3 is 10.6 Å². The zero-order valence-electron chi connectivity index (χ0n) is 26.0. The van der Waals surface area contributed by atoms with E-state index in [1.807, 2.05) is 60.7 Å². The fourth-order valence-electron chi connectivity index (χ4n) is 5.62. The normalized spacial score (nSPS) is 10.8. The van der Waals surface area contributed by atoms with Gasteiger partial charge in [-0.3, -0.25) is 9.59 Å². The number of nitrogens with one attached hydrogen (secondary N) is 2. The lowest BCUT2D eigenvalue weighted by Gasteiger charge is -2.12. The van der Waals surface area contributed by atoms with Gasteiger partial charge in [0.1, 0.15) is 0 Å². The van der Waals surface area contributed by atoms with Gasteiger partial charge in [0, 0.05) is 53.4 Å². The van der Waals surface area contributed by atoms with Gasteiger partial charge in [0.15, 0.2) is 0 Å². The zero-order valence-corrected chi connectivity index (χ0v) is 28.3. The third-order valence-electron chi connectivity index (χ3n) is 8.06. The van der Waals surface area contributed by atoms with Crippen molar-refractivity contribution < 1.29 is 9.59 Å². The van der Waals surface area contributed by atoms with E-state index in [1.165, 1.54) is 0 Å². The predicted octanol–water partition coefficient (Wildman–Crippen LogP) is 12.2. The molecule has 0 saturated carbocycles. The Morgan fingerprint density at radius 1 is 0.408 bits per heavy atom. The van der Waals surface area contributed by atoms with Crippen molar-refractivity contribution in [1.82, 2.24) is 0 Å². The highest BCUT2D eigenvalue weighted by Crippen LogP contribution is 2.52. The van der Waals surface area contributed by atoms with Gasteiger partial charge in [-0.1, -0.05) is 108 Å². The van der Waals surface area contributed by atoms with Gasteiger partial charge in [0.2, 0.25) is 0 Å². The SMILES string of the molecule is O=C(Nc1ccc(-c2sc(-c3ccc(NC(=O)c4ccc(Cl)cc4)cc3)c(-c3ccccc3)c2-c2ccccc2)cc1)c1ccc(Cl)cc1. The van der Waals surface area contributed by atoms with Crippen LogP contribution in [0.15, 0.2) is 158 Å². The maximum atomic E-state index is 12.9. The molecule has 6 aromatic carbocycles. The Bertz CT molecular complexity index is 2070. The lowest BCUT2D eigenvalue weighted by Crippen LogP contribution is -2.11. The lowest BCUT2D eigenvalue weighted by atomic mass is 9.91. The first-order valence-corrected chi connectivity index (χ1v) is 17.1. The van der Waals surface area contributed by atoms with Crippen LogP contribution in [0, 0.1) is 0 Å². The topological polar surface area (TPSA) is 58.2 Å². The molecule has 7 heteroatoms. The van der Waals surface area contributed by atoms with Gasteiger partial charge in [-0.15, -0.1) is 11.3 Å². The molecule has 0 spiro atoms.